The zero-order chi connectivity index (χ0) is 12.5. The zero-order valence-corrected chi connectivity index (χ0v) is 9.59. The maximum Gasteiger partial charge on any atom is 0.394 e. The first-order valence-electron chi connectivity index (χ1n) is 5.72. The van der Waals surface area contributed by atoms with Crippen molar-refractivity contribution in [2.75, 3.05) is 0 Å². The van der Waals surface area contributed by atoms with Crippen molar-refractivity contribution in [3.05, 3.63) is 28.4 Å². The number of aromatic nitrogens is 1. The van der Waals surface area contributed by atoms with E-state index < -0.39 is 12.6 Å². The van der Waals surface area contributed by atoms with Gasteiger partial charge in [0.05, 0.1) is 17.5 Å². The van der Waals surface area contributed by atoms with Gasteiger partial charge in [0.2, 0.25) is 0 Å². The third-order valence-corrected chi connectivity index (χ3v) is 2.95. The summed E-state index contributed by atoms with van der Waals surface area (Å²) in [4.78, 5) is 4.06. The van der Waals surface area contributed by atoms with Crippen LogP contribution < -0.4 is 10.6 Å². The van der Waals surface area contributed by atoms with E-state index in [1.165, 1.54) is 6.07 Å². The minimum atomic E-state index is -4.19. The van der Waals surface area contributed by atoms with E-state index in [9.17, 15) is 13.2 Å². The van der Waals surface area contributed by atoms with Gasteiger partial charge >= 0.3 is 6.18 Å². The molecule has 1 aromatic rings. The Morgan fingerprint density at radius 2 is 2.12 bits per heavy atom. The Balaban J connectivity index is 2.34. The molecule has 4 heteroatoms. The quantitative estimate of drug-likeness (QED) is 0.773. The molecule has 0 saturated carbocycles. The fraction of sp³-hybridized carbons (Fsp3) is 0.462. The predicted molar refractivity (Wildman–Crippen MR) is 60.6 cm³/mol. The van der Waals surface area contributed by atoms with Crippen LogP contribution in [-0.2, 0) is 6.42 Å². The Hall–Kier alpha value is -1.32. The van der Waals surface area contributed by atoms with Gasteiger partial charge in [-0.1, -0.05) is 25.1 Å². The van der Waals surface area contributed by atoms with Gasteiger partial charge in [-0.25, -0.2) is 0 Å². The summed E-state index contributed by atoms with van der Waals surface area (Å²) in [5.74, 6) is 0.484. The van der Waals surface area contributed by atoms with E-state index in [-0.39, 0.29) is 5.69 Å². The first kappa shape index (κ1) is 12.1. The smallest absolute Gasteiger partial charge is 0.253 e. The molecule has 1 atom stereocenters. The molecule has 0 spiro atoms. The molecule has 0 N–H and O–H groups in total. The summed E-state index contributed by atoms with van der Waals surface area (Å²) in [5.41, 5.74) is 0.0934. The minimum Gasteiger partial charge on any atom is -0.253 e. The molecule has 0 aliphatic heterocycles. The number of alkyl halides is 3. The van der Waals surface area contributed by atoms with E-state index in [1.807, 2.05) is 6.08 Å². The van der Waals surface area contributed by atoms with Crippen LogP contribution in [0.25, 0.3) is 12.2 Å². The Bertz CT molecular complexity index is 516. The SMILES string of the molecule is CCC1C=c2ccc(CC(F)(F)F)nc2=CC1. The van der Waals surface area contributed by atoms with Crippen molar-refractivity contribution >= 4 is 12.2 Å². The highest BCUT2D eigenvalue weighted by molar-refractivity contribution is 5.38. The summed E-state index contributed by atoms with van der Waals surface area (Å²) < 4.78 is 36.7. The molecule has 1 aromatic heterocycles. The van der Waals surface area contributed by atoms with Crippen LogP contribution in [0.2, 0.25) is 0 Å². The van der Waals surface area contributed by atoms with Crippen molar-refractivity contribution in [2.24, 2.45) is 5.92 Å². The van der Waals surface area contributed by atoms with Crippen molar-refractivity contribution in [1.82, 2.24) is 4.98 Å². The molecular weight excluding hydrogens is 227 g/mol. The van der Waals surface area contributed by atoms with Crippen LogP contribution in [0.3, 0.4) is 0 Å². The molecule has 1 unspecified atom stereocenters. The van der Waals surface area contributed by atoms with Crippen LogP contribution in [0.5, 0.6) is 0 Å². The molecule has 0 radical (unpaired) electrons. The predicted octanol–water partition coefficient (Wildman–Crippen LogP) is 2.18. The van der Waals surface area contributed by atoms with Crippen molar-refractivity contribution in [3.63, 3.8) is 0 Å². The average molecular weight is 241 g/mol. The molecule has 0 fully saturated rings. The maximum absolute atomic E-state index is 12.2. The summed E-state index contributed by atoms with van der Waals surface area (Å²) in [6, 6.07) is 3.20. The van der Waals surface area contributed by atoms with Crippen molar-refractivity contribution in [2.45, 2.75) is 32.4 Å². The summed E-state index contributed by atoms with van der Waals surface area (Å²) in [5, 5.41) is 1.64. The number of fused-ring (bicyclic) bond motifs is 1. The maximum atomic E-state index is 12.2. The Kier molecular flexibility index (Phi) is 3.22. The standard InChI is InChI=1S/C13H14F3N/c1-2-9-3-6-12-10(7-9)4-5-11(17-12)8-13(14,15)16/h4-7,9H,2-3,8H2,1H3. The third kappa shape index (κ3) is 3.08. The van der Waals surface area contributed by atoms with Crippen LogP contribution in [-0.4, -0.2) is 11.2 Å². The number of nitrogens with zero attached hydrogens (tertiary/aromatic N) is 1. The number of pyridine rings is 1. The molecule has 92 valence electrons. The van der Waals surface area contributed by atoms with E-state index in [0.29, 0.717) is 11.3 Å². The number of halogens is 3. The molecule has 1 nitrogen and oxygen atoms in total. The molecule has 0 saturated heterocycles. The molecular formula is C13H14F3N. The Morgan fingerprint density at radius 1 is 1.35 bits per heavy atom. The van der Waals surface area contributed by atoms with Crippen molar-refractivity contribution in [1.29, 1.82) is 0 Å². The number of hydrogen-bond acceptors (Lipinski definition) is 1. The monoisotopic (exact) mass is 241 g/mol. The largest absolute Gasteiger partial charge is 0.394 e. The average Bonchev–Trinajstić information content (AvgIpc) is 2.26. The van der Waals surface area contributed by atoms with E-state index >= 15 is 0 Å². The van der Waals surface area contributed by atoms with Gasteiger partial charge in [-0.2, -0.15) is 13.2 Å². The lowest BCUT2D eigenvalue weighted by Gasteiger charge is -2.11. The molecule has 1 aliphatic rings. The van der Waals surface area contributed by atoms with Crippen LogP contribution in [0.15, 0.2) is 12.1 Å². The van der Waals surface area contributed by atoms with Crippen LogP contribution in [0.4, 0.5) is 13.2 Å². The number of rotatable bonds is 2. The van der Waals surface area contributed by atoms with Crippen molar-refractivity contribution < 1.29 is 13.2 Å². The van der Waals surface area contributed by atoms with Gasteiger partial charge < -0.3 is 0 Å². The second kappa shape index (κ2) is 4.51. The van der Waals surface area contributed by atoms with Gasteiger partial charge in [0.25, 0.3) is 0 Å². The highest BCUT2D eigenvalue weighted by Gasteiger charge is 2.28. The topological polar surface area (TPSA) is 12.9 Å². The van der Waals surface area contributed by atoms with Crippen molar-refractivity contribution in [3.8, 4) is 0 Å². The van der Waals surface area contributed by atoms with Gasteiger partial charge in [-0.05, 0) is 30.0 Å². The first-order chi connectivity index (χ1) is 7.98. The number of hydrogen-bond donors (Lipinski definition) is 0. The lowest BCUT2D eigenvalue weighted by molar-refractivity contribution is -0.127. The fourth-order valence-electron chi connectivity index (χ4n) is 2.01. The summed E-state index contributed by atoms with van der Waals surface area (Å²) in [6.07, 6.45) is 0.798. The second-order valence-electron chi connectivity index (χ2n) is 4.34. The van der Waals surface area contributed by atoms with Crippen LogP contribution in [0.1, 0.15) is 25.5 Å². The van der Waals surface area contributed by atoms with E-state index in [1.54, 1.807) is 6.07 Å². The molecule has 0 amide bonds. The highest BCUT2D eigenvalue weighted by atomic mass is 19.4. The molecule has 17 heavy (non-hydrogen) atoms. The minimum absolute atomic E-state index is 0.0934. The molecule has 0 aromatic carbocycles. The Labute approximate surface area is 97.7 Å². The summed E-state index contributed by atoms with van der Waals surface area (Å²) in [7, 11) is 0. The normalized spacial score (nSPS) is 19.2. The Morgan fingerprint density at radius 3 is 2.76 bits per heavy atom. The van der Waals surface area contributed by atoms with E-state index in [2.05, 4.69) is 18.0 Å². The van der Waals surface area contributed by atoms with Gasteiger partial charge in [0.1, 0.15) is 0 Å². The second-order valence-corrected chi connectivity index (χ2v) is 4.34. The molecule has 0 bridgehead atoms. The van der Waals surface area contributed by atoms with Gasteiger partial charge in [0.15, 0.2) is 0 Å². The molecule has 2 rings (SSSR count). The van der Waals surface area contributed by atoms with Gasteiger partial charge in [-0.3, -0.25) is 4.98 Å². The summed E-state index contributed by atoms with van der Waals surface area (Å²) in [6.45, 7) is 2.10. The zero-order valence-electron chi connectivity index (χ0n) is 9.59. The molecule has 1 aliphatic carbocycles. The molecule has 1 heterocycles. The lowest BCUT2D eigenvalue weighted by atomic mass is 9.97. The first-order valence-corrected chi connectivity index (χ1v) is 5.72. The lowest BCUT2D eigenvalue weighted by Crippen LogP contribution is -2.33. The fourth-order valence-corrected chi connectivity index (χ4v) is 2.01. The van der Waals surface area contributed by atoms with E-state index in [4.69, 9.17) is 0 Å². The summed E-state index contributed by atoms with van der Waals surface area (Å²) >= 11 is 0. The van der Waals surface area contributed by atoms with Crippen LogP contribution >= 0.6 is 0 Å². The third-order valence-electron chi connectivity index (χ3n) is 2.95. The van der Waals surface area contributed by atoms with Crippen LogP contribution in [0, 0.1) is 5.92 Å². The highest BCUT2D eigenvalue weighted by Crippen LogP contribution is 2.19. The van der Waals surface area contributed by atoms with Gasteiger partial charge in [0, 0.05) is 0 Å². The van der Waals surface area contributed by atoms with Gasteiger partial charge in [-0.15, -0.1) is 0 Å². The van der Waals surface area contributed by atoms with E-state index in [0.717, 1.165) is 18.1 Å².